The standard InChI is InChI=1S/C31H32N2O6/c1-5-38-25-16-12-23(13-17-25)30-18-29(32-33(30)21(2)34)22-10-14-26(15-11-22)39-19-24-8-6-7-9-27(24)28(20-36-3)31(35)37-4/h6-17,20,30H,5,18-19H2,1-4H3/b28-20+. The van der Waals surface area contributed by atoms with Gasteiger partial charge >= 0.3 is 5.97 Å². The van der Waals surface area contributed by atoms with E-state index in [0.29, 0.717) is 29.9 Å². The molecule has 8 heteroatoms. The van der Waals surface area contributed by atoms with E-state index in [1.807, 2.05) is 79.7 Å². The molecule has 3 aromatic carbocycles. The lowest BCUT2D eigenvalue weighted by atomic mass is 9.98. The number of benzene rings is 3. The molecule has 0 aromatic heterocycles. The Bertz CT molecular complexity index is 1360. The first-order valence-electron chi connectivity index (χ1n) is 12.7. The lowest BCUT2D eigenvalue weighted by Crippen LogP contribution is -2.24. The number of ether oxygens (including phenoxy) is 4. The van der Waals surface area contributed by atoms with E-state index >= 15 is 0 Å². The van der Waals surface area contributed by atoms with Crippen molar-refractivity contribution in [3.63, 3.8) is 0 Å². The van der Waals surface area contributed by atoms with Gasteiger partial charge in [-0.3, -0.25) is 4.79 Å². The minimum Gasteiger partial charge on any atom is -0.503 e. The van der Waals surface area contributed by atoms with E-state index in [1.54, 1.807) is 5.01 Å². The van der Waals surface area contributed by atoms with Gasteiger partial charge in [-0.25, -0.2) is 9.80 Å². The highest BCUT2D eigenvalue weighted by Crippen LogP contribution is 2.34. The maximum absolute atomic E-state index is 12.4. The Morgan fingerprint density at radius 1 is 0.949 bits per heavy atom. The van der Waals surface area contributed by atoms with Gasteiger partial charge in [-0.15, -0.1) is 0 Å². The van der Waals surface area contributed by atoms with Crippen molar-refractivity contribution in [2.45, 2.75) is 32.9 Å². The second kappa shape index (κ2) is 12.8. The van der Waals surface area contributed by atoms with Crippen molar-refractivity contribution in [1.29, 1.82) is 0 Å². The Labute approximate surface area is 228 Å². The summed E-state index contributed by atoms with van der Waals surface area (Å²) >= 11 is 0. The third kappa shape index (κ3) is 6.46. The zero-order valence-corrected chi connectivity index (χ0v) is 22.5. The molecule has 202 valence electrons. The summed E-state index contributed by atoms with van der Waals surface area (Å²) in [6.07, 6.45) is 1.97. The van der Waals surface area contributed by atoms with Crippen LogP contribution in [0.4, 0.5) is 0 Å². The van der Waals surface area contributed by atoms with Crippen molar-refractivity contribution in [2.24, 2.45) is 5.10 Å². The number of nitrogens with zero attached hydrogens (tertiary/aromatic N) is 2. The van der Waals surface area contributed by atoms with Crippen molar-refractivity contribution >= 4 is 23.2 Å². The molecule has 1 unspecified atom stereocenters. The Kier molecular flexibility index (Phi) is 8.99. The molecule has 0 fully saturated rings. The zero-order chi connectivity index (χ0) is 27.8. The number of methoxy groups -OCH3 is 2. The summed E-state index contributed by atoms with van der Waals surface area (Å²) in [5.41, 5.74) is 4.54. The van der Waals surface area contributed by atoms with Gasteiger partial charge in [-0.2, -0.15) is 5.10 Å². The molecule has 8 nitrogen and oxygen atoms in total. The molecule has 1 atom stereocenters. The van der Waals surface area contributed by atoms with Gasteiger partial charge in [0, 0.05) is 13.3 Å². The van der Waals surface area contributed by atoms with Crippen LogP contribution in [0.1, 0.15) is 48.6 Å². The molecular weight excluding hydrogens is 496 g/mol. The molecule has 3 aromatic rings. The molecular formula is C31H32N2O6. The predicted octanol–water partition coefficient (Wildman–Crippen LogP) is 5.52. The smallest absolute Gasteiger partial charge is 0.341 e. The summed E-state index contributed by atoms with van der Waals surface area (Å²) in [6, 6.07) is 22.7. The number of hydrogen-bond donors (Lipinski definition) is 0. The Morgan fingerprint density at radius 3 is 2.26 bits per heavy atom. The summed E-state index contributed by atoms with van der Waals surface area (Å²) in [5, 5.41) is 6.18. The monoisotopic (exact) mass is 528 g/mol. The van der Waals surface area contributed by atoms with Crippen molar-refractivity contribution < 1.29 is 28.5 Å². The molecule has 1 aliphatic rings. The molecule has 0 radical (unpaired) electrons. The molecule has 0 bridgehead atoms. The topological polar surface area (TPSA) is 86.7 Å². The molecule has 1 aliphatic heterocycles. The maximum atomic E-state index is 12.4. The zero-order valence-electron chi connectivity index (χ0n) is 22.5. The largest absolute Gasteiger partial charge is 0.503 e. The van der Waals surface area contributed by atoms with E-state index in [9.17, 15) is 9.59 Å². The van der Waals surface area contributed by atoms with Crippen molar-refractivity contribution in [3.8, 4) is 11.5 Å². The van der Waals surface area contributed by atoms with Gasteiger partial charge in [0.05, 0.1) is 38.8 Å². The van der Waals surface area contributed by atoms with Crippen molar-refractivity contribution in [2.75, 3.05) is 20.8 Å². The fraction of sp³-hybridized carbons (Fsp3) is 0.258. The molecule has 0 N–H and O–H groups in total. The SMILES string of the molecule is CCOc1ccc(C2CC(c3ccc(OCc4ccccc4/C(=C\OC)C(=O)OC)cc3)=NN2C(C)=O)cc1. The molecule has 39 heavy (non-hydrogen) atoms. The molecule has 0 saturated heterocycles. The van der Waals surface area contributed by atoms with E-state index in [1.165, 1.54) is 27.4 Å². The van der Waals surface area contributed by atoms with Crippen LogP contribution in [0.3, 0.4) is 0 Å². The summed E-state index contributed by atoms with van der Waals surface area (Å²) in [7, 11) is 2.81. The highest BCUT2D eigenvalue weighted by atomic mass is 16.5. The number of esters is 1. The third-order valence-electron chi connectivity index (χ3n) is 6.34. The second-order valence-corrected chi connectivity index (χ2v) is 8.86. The Balaban J connectivity index is 1.47. The number of hydrazone groups is 1. The van der Waals surface area contributed by atoms with E-state index in [0.717, 1.165) is 28.2 Å². The molecule has 0 aliphatic carbocycles. The number of rotatable bonds is 10. The summed E-state index contributed by atoms with van der Waals surface area (Å²) in [4.78, 5) is 24.6. The van der Waals surface area contributed by atoms with E-state index < -0.39 is 5.97 Å². The van der Waals surface area contributed by atoms with Crippen LogP contribution >= 0.6 is 0 Å². The summed E-state index contributed by atoms with van der Waals surface area (Å²) < 4.78 is 21.6. The quantitative estimate of drug-likeness (QED) is 0.196. The number of hydrogen-bond acceptors (Lipinski definition) is 7. The van der Waals surface area contributed by atoms with E-state index in [2.05, 4.69) is 5.10 Å². The first kappa shape index (κ1) is 27.4. The van der Waals surface area contributed by atoms with Gasteiger partial charge < -0.3 is 18.9 Å². The molecule has 1 amide bonds. The minimum atomic E-state index is -0.492. The normalized spacial score (nSPS) is 15.0. The van der Waals surface area contributed by atoms with E-state index in [-0.39, 0.29) is 18.6 Å². The minimum absolute atomic E-state index is 0.114. The Hall–Kier alpha value is -4.59. The highest BCUT2D eigenvalue weighted by molar-refractivity contribution is 6.16. The van der Waals surface area contributed by atoms with Gasteiger partial charge in [-0.05, 0) is 65.6 Å². The van der Waals surface area contributed by atoms with Crippen LogP contribution in [0.2, 0.25) is 0 Å². The predicted molar refractivity (Wildman–Crippen MR) is 148 cm³/mol. The Morgan fingerprint density at radius 2 is 1.62 bits per heavy atom. The lowest BCUT2D eigenvalue weighted by Gasteiger charge is -2.20. The van der Waals surface area contributed by atoms with Crippen molar-refractivity contribution in [3.05, 3.63) is 101 Å². The van der Waals surface area contributed by atoms with Crippen LogP contribution in [0, 0.1) is 0 Å². The lowest BCUT2D eigenvalue weighted by molar-refractivity contribution is -0.134. The molecule has 0 spiro atoms. The van der Waals surface area contributed by atoms with Gasteiger partial charge in [-0.1, -0.05) is 36.4 Å². The summed E-state index contributed by atoms with van der Waals surface area (Å²) in [6.45, 7) is 4.31. The first-order chi connectivity index (χ1) is 18.9. The molecule has 4 rings (SSSR count). The van der Waals surface area contributed by atoms with Crippen LogP contribution in [-0.4, -0.2) is 43.4 Å². The maximum Gasteiger partial charge on any atom is 0.341 e. The van der Waals surface area contributed by atoms with Crippen LogP contribution in [0.25, 0.3) is 5.57 Å². The number of amides is 1. The second-order valence-electron chi connectivity index (χ2n) is 8.86. The summed E-state index contributed by atoms with van der Waals surface area (Å²) in [5.74, 6) is 0.851. The van der Waals surface area contributed by atoms with Crippen LogP contribution in [-0.2, 0) is 25.7 Å². The van der Waals surface area contributed by atoms with Gasteiger partial charge in [0.1, 0.15) is 23.7 Å². The first-order valence-corrected chi connectivity index (χ1v) is 12.7. The fourth-order valence-electron chi connectivity index (χ4n) is 4.45. The fourth-order valence-corrected chi connectivity index (χ4v) is 4.45. The third-order valence-corrected chi connectivity index (χ3v) is 6.34. The highest BCUT2D eigenvalue weighted by Gasteiger charge is 2.31. The number of carbonyl (C=O) groups is 2. The van der Waals surface area contributed by atoms with Crippen molar-refractivity contribution in [1.82, 2.24) is 5.01 Å². The van der Waals surface area contributed by atoms with Gasteiger partial charge in [0.2, 0.25) is 5.91 Å². The van der Waals surface area contributed by atoms with Gasteiger partial charge in [0.25, 0.3) is 0 Å². The van der Waals surface area contributed by atoms with Crippen LogP contribution < -0.4 is 9.47 Å². The average Bonchev–Trinajstić information content (AvgIpc) is 3.42. The number of carbonyl (C=O) groups excluding carboxylic acids is 2. The van der Waals surface area contributed by atoms with Crippen LogP contribution in [0.5, 0.6) is 11.5 Å². The average molecular weight is 529 g/mol. The van der Waals surface area contributed by atoms with Gasteiger partial charge in [0.15, 0.2) is 0 Å². The van der Waals surface area contributed by atoms with E-state index in [4.69, 9.17) is 18.9 Å². The van der Waals surface area contributed by atoms with Crippen LogP contribution in [0.15, 0.2) is 84.2 Å². The molecule has 1 heterocycles. The molecule has 0 saturated carbocycles.